The first-order valence-electron chi connectivity index (χ1n) is 5.47. The molecule has 0 unspecified atom stereocenters. The second-order valence-electron chi connectivity index (χ2n) is 3.64. The van der Waals surface area contributed by atoms with E-state index in [0.717, 1.165) is 11.0 Å². The van der Waals surface area contributed by atoms with Crippen molar-refractivity contribution in [3.8, 4) is 0 Å². The topological polar surface area (TPSA) is 75.3 Å². The van der Waals surface area contributed by atoms with Crippen LogP contribution >= 0.6 is 0 Å². The Hall–Kier alpha value is -1.66. The molecule has 0 aromatic heterocycles. The zero-order chi connectivity index (χ0) is 13.4. The summed E-state index contributed by atoms with van der Waals surface area (Å²) in [5.74, 6) is -0.186. The molecule has 2 N–H and O–H groups in total. The molecule has 0 fully saturated rings. The van der Waals surface area contributed by atoms with Gasteiger partial charge < -0.3 is 5.32 Å². The molecule has 0 aliphatic rings. The minimum Gasteiger partial charge on any atom is -0.355 e. The van der Waals surface area contributed by atoms with Gasteiger partial charge in [-0.05, 0) is 11.6 Å². The van der Waals surface area contributed by atoms with E-state index in [-0.39, 0.29) is 19.0 Å². The van der Waals surface area contributed by atoms with Gasteiger partial charge in [-0.2, -0.15) is 0 Å². The molecular weight excluding hydrogens is 252 g/mol. The zero-order valence-corrected chi connectivity index (χ0v) is 10.9. The predicted molar refractivity (Wildman–Crippen MR) is 71.1 cm³/mol. The standard InChI is InChI=1S/C12H16N2O3S/c1-11(15)13-8-9-14-18(16,17)10-7-12-5-3-2-4-6-12/h2-7,10,14H,8-9H2,1H3,(H,13,15)/b10-7+. The molecule has 0 bridgehead atoms. The van der Waals surface area contributed by atoms with E-state index in [1.165, 1.54) is 13.0 Å². The highest BCUT2D eigenvalue weighted by atomic mass is 32.2. The highest BCUT2D eigenvalue weighted by Gasteiger charge is 2.03. The summed E-state index contributed by atoms with van der Waals surface area (Å²) in [7, 11) is -3.46. The molecule has 0 saturated heterocycles. The molecule has 1 rings (SSSR count). The fourth-order valence-corrected chi connectivity index (χ4v) is 2.03. The Morgan fingerprint density at radius 2 is 1.89 bits per heavy atom. The van der Waals surface area contributed by atoms with Gasteiger partial charge >= 0.3 is 0 Å². The van der Waals surface area contributed by atoms with Crippen LogP contribution in [0.1, 0.15) is 12.5 Å². The number of sulfonamides is 1. The average molecular weight is 268 g/mol. The van der Waals surface area contributed by atoms with Crippen molar-refractivity contribution in [2.75, 3.05) is 13.1 Å². The Morgan fingerprint density at radius 3 is 2.50 bits per heavy atom. The van der Waals surface area contributed by atoms with Crippen LogP contribution in [0.15, 0.2) is 35.7 Å². The van der Waals surface area contributed by atoms with Crippen LogP contribution in [-0.2, 0) is 14.8 Å². The van der Waals surface area contributed by atoms with Gasteiger partial charge in [-0.25, -0.2) is 13.1 Å². The van der Waals surface area contributed by atoms with Crippen molar-refractivity contribution >= 4 is 22.0 Å². The van der Waals surface area contributed by atoms with Crippen LogP contribution in [0.4, 0.5) is 0 Å². The summed E-state index contributed by atoms with van der Waals surface area (Å²) in [6.45, 7) is 1.82. The monoisotopic (exact) mass is 268 g/mol. The summed E-state index contributed by atoms with van der Waals surface area (Å²) >= 11 is 0. The van der Waals surface area contributed by atoms with Crippen LogP contribution in [-0.4, -0.2) is 27.4 Å². The molecule has 0 aliphatic carbocycles. The third kappa shape index (κ3) is 6.17. The first-order chi connectivity index (χ1) is 8.49. The third-order valence-electron chi connectivity index (χ3n) is 2.04. The van der Waals surface area contributed by atoms with Crippen molar-refractivity contribution in [1.29, 1.82) is 0 Å². The smallest absolute Gasteiger partial charge is 0.233 e. The molecule has 18 heavy (non-hydrogen) atoms. The highest BCUT2D eigenvalue weighted by Crippen LogP contribution is 2.02. The summed E-state index contributed by atoms with van der Waals surface area (Å²) < 4.78 is 25.4. The lowest BCUT2D eigenvalue weighted by atomic mass is 10.2. The fourth-order valence-electron chi connectivity index (χ4n) is 1.21. The van der Waals surface area contributed by atoms with E-state index in [2.05, 4.69) is 10.0 Å². The minimum atomic E-state index is -3.46. The van der Waals surface area contributed by atoms with E-state index in [1.54, 1.807) is 0 Å². The lowest BCUT2D eigenvalue weighted by Gasteiger charge is -2.03. The number of nitrogens with one attached hydrogen (secondary N) is 2. The molecule has 0 saturated carbocycles. The third-order valence-corrected chi connectivity index (χ3v) is 3.14. The predicted octanol–water partition coefficient (Wildman–Crippen LogP) is 0.713. The van der Waals surface area contributed by atoms with Gasteiger partial charge in [0.1, 0.15) is 0 Å². The van der Waals surface area contributed by atoms with E-state index in [9.17, 15) is 13.2 Å². The van der Waals surface area contributed by atoms with Crippen molar-refractivity contribution < 1.29 is 13.2 Å². The SMILES string of the molecule is CC(=O)NCCNS(=O)(=O)/C=C/c1ccccc1. The van der Waals surface area contributed by atoms with Crippen molar-refractivity contribution in [2.45, 2.75) is 6.92 Å². The van der Waals surface area contributed by atoms with E-state index >= 15 is 0 Å². The van der Waals surface area contributed by atoms with Crippen LogP contribution in [0.5, 0.6) is 0 Å². The fraction of sp³-hybridized carbons (Fsp3) is 0.250. The molecule has 6 heteroatoms. The molecular formula is C12H16N2O3S. The number of rotatable bonds is 6. The summed E-state index contributed by atoms with van der Waals surface area (Å²) in [6, 6.07) is 9.14. The van der Waals surface area contributed by atoms with Crippen molar-refractivity contribution in [3.05, 3.63) is 41.3 Å². The van der Waals surface area contributed by atoms with E-state index < -0.39 is 10.0 Å². The Bertz CT molecular complexity index is 509. The summed E-state index contributed by atoms with van der Waals surface area (Å²) in [5, 5.41) is 3.61. The van der Waals surface area contributed by atoms with Gasteiger partial charge in [-0.15, -0.1) is 0 Å². The Morgan fingerprint density at radius 1 is 1.22 bits per heavy atom. The molecule has 0 aliphatic heterocycles. The van der Waals surface area contributed by atoms with E-state index in [0.29, 0.717) is 0 Å². The van der Waals surface area contributed by atoms with Gasteiger partial charge in [0.15, 0.2) is 0 Å². The number of hydrogen-bond donors (Lipinski definition) is 2. The number of hydrogen-bond acceptors (Lipinski definition) is 3. The Balaban J connectivity index is 2.45. The molecule has 0 heterocycles. The zero-order valence-electron chi connectivity index (χ0n) is 10.1. The number of benzene rings is 1. The van der Waals surface area contributed by atoms with Crippen molar-refractivity contribution in [1.82, 2.24) is 10.0 Å². The van der Waals surface area contributed by atoms with Crippen molar-refractivity contribution in [3.63, 3.8) is 0 Å². The van der Waals surface area contributed by atoms with Gasteiger partial charge in [0, 0.05) is 25.4 Å². The molecule has 1 amide bonds. The minimum absolute atomic E-state index is 0.168. The second-order valence-corrected chi connectivity index (χ2v) is 5.29. The molecule has 1 aromatic carbocycles. The summed E-state index contributed by atoms with van der Waals surface area (Å²) in [6.07, 6.45) is 1.51. The maximum Gasteiger partial charge on any atom is 0.233 e. The van der Waals surface area contributed by atoms with E-state index in [1.807, 2.05) is 30.3 Å². The average Bonchev–Trinajstić information content (AvgIpc) is 2.34. The largest absolute Gasteiger partial charge is 0.355 e. The van der Waals surface area contributed by atoms with Crippen LogP contribution in [0.3, 0.4) is 0 Å². The van der Waals surface area contributed by atoms with Gasteiger partial charge in [0.25, 0.3) is 0 Å². The van der Waals surface area contributed by atoms with Gasteiger partial charge in [-0.3, -0.25) is 4.79 Å². The van der Waals surface area contributed by atoms with Gasteiger partial charge in [0.05, 0.1) is 0 Å². The normalized spacial score (nSPS) is 11.6. The van der Waals surface area contributed by atoms with E-state index in [4.69, 9.17) is 0 Å². The summed E-state index contributed by atoms with van der Waals surface area (Å²) in [4.78, 5) is 10.6. The van der Waals surface area contributed by atoms with Crippen molar-refractivity contribution in [2.24, 2.45) is 0 Å². The number of carbonyl (C=O) groups excluding carboxylic acids is 1. The Labute approximate surface area is 107 Å². The van der Waals surface area contributed by atoms with Crippen LogP contribution < -0.4 is 10.0 Å². The van der Waals surface area contributed by atoms with Crippen LogP contribution in [0, 0.1) is 0 Å². The quantitative estimate of drug-likeness (QED) is 0.746. The lowest BCUT2D eigenvalue weighted by Crippen LogP contribution is -2.32. The molecule has 0 atom stereocenters. The van der Waals surface area contributed by atoms with Crippen LogP contribution in [0.2, 0.25) is 0 Å². The molecule has 1 aromatic rings. The molecule has 5 nitrogen and oxygen atoms in total. The summed E-state index contributed by atoms with van der Waals surface area (Å²) in [5.41, 5.74) is 0.810. The second kappa shape index (κ2) is 6.93. The number of amides is 1. The maximum atomic E-state index is 11.5. The first-order valence-corrected chi connectivity index (χ1v) is 7.01. The van der Waals surface area contributed by atoms with Crippen LogP contribution in [0.25, 0.3) is 6.08 Å². The molecule has 0 radical (unpaired) electrons. The first kappa shape index (κ1) is 14.4. The number of carbonyl (C=O) groups is 1. The Kier molecular flexibility index (Phi) is 5.54. The maximum absolute atomic E-state index is 11.5. The van der Waals surface area contributed by atoms with Gasteiger partial charge in [0.2, 0.25) is 15.9 Å². The highest BCUT2D eigenvalue weighted by molar-refractivity contribution is 7.92. The van der Waals surface area contributed by atoms with Gasteiger partial charge in [-0.1, -0.05) is 30.3 Å². The lowest BCUT2D eigenvalue weighted by molar-refractivity contribution is -0.118. The molecule has 98 valence electrons. The molecule has 0 spiro atoms.